The number of hydrogen-bond acceptors (Lipinski definition) is 3. The number of amides is 2. The number of ether oxygens (including phenoxy) is 1. The van der Waals surface area contributed by atoms with E-state index in [2.05, 4.69) is 0 Å². The number of nitrogens with zero attached hydrogens (tertiary/aromatic N) is 2. The Morgan fingerprint density at radius 3 is 2.52 bits per heavy atom. The zero-order valence-corrected chi connectivity index (χ0v) is 13.3. The van der Waals surface area contributed by atoms with Gasteiger partial charge in [-0.3, -0.25) is 0 Å². The summed E-state index contributed by atoms with van der Waals surface area (Å²) in [6, 6.07) is 6.83. The van der Waals surface area contributed by atoms with Gasteiger partial charge in [0.15, 0.2) is 0 Å². The molecule has 124 valence electrons. The smallest absolute Gasteiger partial charge is 0.326 e. The highest BCUT2D eigenvalue weighted by atomic mass is 16.5. The van der Waals surface area contributed by atoms with Crippen LogP contribution in [0.5, 0.6) is 0 Å². The van der Waals surface area contributed by atoms with Gasteiger partial charge in [-0.05, 0) is 24.0 Å². The number of aliphatic carboxylic acids is 1. The average Bonchev–Trinajstić information content (AvgIpc) is 2.60. The maximum Gasteiger partial charge on any atom is 0.326 e. The molecule has 2 amide bonds. The van der Waals surface area contributed by atoms with Gasteiger partial charge >= 0.3 is 12.0 Å². The summed E-state index contributed by atoms with van der Waals surface area (Å²) < 4.78 is 5.34. The zero-order valence-electron chi connectivity index (χ0n) is 13.3. The monoisotopic (exact) mass is 318 g/mol. The lowest BCUT2D eigenvalue weighted by Gasteiger charge is -2.40. The molecule has 1 atom stereocenters. The summed E-state index contributed by atoms with van der Waals surface area (Å²) in [5.74, 6) is -0.951. The molecule has 6 heteroatoms. The number of carboxylic acids is 1. The lowest BCUT2D eigenvalue weighted by Crippen LogP contribution is -2.55. The largest absolute Gasteiger partial charge is 0.480 e. The van der Waals surface area contributed by atoms with Crippen molar-refractivity contribution < 1.29 is 19.4 Å². The third kappa shape index (κ3) is 3.17. The molecule has 1 aromatic rings. The van der Waals surface area contributed by atoms with Crippen LogP contribution in [0.15, 0.2) is 24.3 Å². The fourth-order valence-corrected chi connectivity index (χ4v) is 3.38. The standard InChI is InChI=1S/C17H22N2O4/c1-18(14-6-8-23-9-7-14)17(22)19-11-13-5-3-2-4-12(13)10-15(19)16(20)21/h2-5,14-15H,6-11H2,1H3,(H,20,21)/t15-/m0/s1. The predicted octanol–water partition coefficient (Wildman–Crippen LogP) is 1.73. The molecule has 0 unspecified atom stereocenters. The second-order valence-electron chi connectivity index (χ2n) is 6.19. The van der Waals surface area contributed by atoms with Crippen LogP contribution >= 0.6 is 0 Å². The highest BCUT2D eigenvalue weighted by molar-refractivity contribution is 5.83. The van der Waals surface area contributed by atoms with Gasteiger partial charge < -0.3 is 19.6 Å². The van der Waals surface area contributed by atoms with E-state index >= 15 is 0 Å². The average molecular weight is 318 g/mol. The molecule has 2 heterocycles. The Morgan fingerprint density at radius 1 is 1.22 bits per heavy atom. The molecule has 6 nitrogen and oxygen atoms in total. The van der Waals surface area contributed by atoms with Gasteiger partial charge in [-0.25, -0.2) is 9.59 Å². The Labute approximate surface area is 135 Å². The Hall–Kier alpha value is -2.08. The number of carbonyl (C=O) groups is 2. The summed E-state index contributed by atoms with van der Waals surface area (Å²) in [6.07, 6.45) is 1.95. The van der Waals surface area contributed by atoms with Crippen molar-refractivity contribution in [1.82, 2.24) is 9.80 Å². The van der Waals surface area contributed by atoms with E-state index in [0.717, 1.165) is 24.0 Å². The summed E-state index contributed by atoms with van der Waals surface area (Å²) in [5.41, 5.74) is 2.04. The maximum absolute atomic E-state index is 12.9. The number of carbonyl (C=O) groups excluding carboxylic acids is 1. The van der Waals surface area contributed by atoms with E-state index < -0.39 is 12.0 Å². The normalized spacial score (nSPS) is 21.6. The van der Waals surface area contributed by atoms with Gasteiger partial charge in [0.05, 0.1) is 0 Å². The van der Waals surface area contributed by atoms with Crippen LogP contribution in [0.3, 0.4) is 0 Å². The topological polar surface area (TPSA) is 70.1 Å². The van der Waals surface area contributed by atoms with Crippen molar-refractivity contribution in [2.45, 2.75) is 37.9 Å². The van der Waals surface area contributed by atoms with Crippen LogP contribution in [0.25, 0.3) is 0 Å². The lowest BCUT2D eigenvalue weighted by molar-refractivity contribution is -0.143. The van der Waals surface area contributed by atoms with Gasteiger partial charge in [0.1, 0.15) is 6.04 Å². The molecule has 0 radical (unpaired) electrons. The summed E-state index contributed by atoms with van der Waals surface area (Å²) >= 11 is 0. The third-order valence-electron chi connectivity index (χ3n) is 4.82. The van der Waals surface area contributed by atoms with Crippen LogP contribution in [0, 0.1) is 0 Å². The van der Waals surface area contributed by atoms with E-state index in [9.17, 15) is 14.7 Å². The number of rotatable bonds is 2. The minimum absolute atomic E-state index is 0.114. The van der Waals surface area contributed by atoms with Crippen LogP contribution in [0.1, 0.15) is 24.0 Å². The fourth-order valence-electron chi connectivity index (χ4n) is 3.38. The molecule has 0 aliphatic carbocycles. The number of urea groups is 1. The Kier molecular flexibility index (Phi) is 4.52. The van der Waals surface area contributed by atoms with E-state index in [0.29, 0.717) is 26.2 Å². The van der Waals surface area contributed by atoms with Gasteiger partial charge in [-0.1, -0.05) is 24.3 Å². The summed E-state index contributed by atoms with van der Waals surface area (Å²) in [4.78, 5) is 27.7. The molecule has 3 rings (SSSR count). The number of hydrogen-bond donors (Lipinski definition) is 1. The first kappa shape index (κ1) is 15.8. The first-order valence-electron chi connectivity index (χ1n) is 7.98. The molecule has 0 aromatic heterocycles. The molecular weight excluding hydrogens is 296 g/mol. The Morgan fingerprint density at radius 2 is 1.87 bits per heavy atom. The number of fused-ring (bicyclic) bond motifs is 1. The lowest BCUT2D eigenvalue weighted by atomic mass is 9.94. The molecular formula is C17H22N2O4. The van der Waals surface area contributed by atoms with Crippen molar-refractivity contribution in [1.29, 1.82) is 0 Å². The Balaban J connectivity index is 1.81. The van der Waals surface area contributed by atoms with Crippen LogP contribution in [0.2, 0.25) is 0 Å². The predicted molar refractivity (Wildman–Crippen MR) is 84.1 cm³/mol. The van der Waals surface area contributed by atoms with Crippen molar-refractivity contribution in [3.63, 3.8) is 0 Å². The number of benzene rings is 1. The molecule has 2 aliphatic heterocycles. The third-order valence-corrected chi connectivity index (χ3v) is 4.82. The van der Waals surface area contributed by atoms with Crippen LogP contribution < -0.4 is 0 Å². The van der Waals surface area contributed by atoms with Crippen LogP contribution in [-0.4, -0.2) is 59.3 Å². The van der Waals surface area contributed by atoms with E-state index in [1.54, 1.807) is 11.9 Å². The highest BCUT2D eigenvalue weighted by Gasteiger charge is 2.37. The van der Waals surface area contributed by atoms with Gasteiger partial charge in [0.2, 0.25) is 0 Å². The summed E-state index contributed by atoms with van der Waals surface area (Å²) in [7, 11) is 1.76. The van der Waals surface area contributed by atoms with E-state index in [-0.39, 0.29) is 12.1 Å². The van der Waals surface area contributed by atoms with Crippen molar-refractivity contribution >= 4 is 12.0 Å². The quantitative estimate of drug-likeness (QED) is 0.901. The molecule has 0 bridgehead atoms. The van der Waals surface area contributed by atoms with Gasteiger partial charge in [0, 0.05) is 39.3 Å². The molecule has 1 fully saturated rings. The van der Waals surface area contributed by atoms with Crippen molar-refractivity contribution in [2.24, 2.45) is 0 Å². The fraction of sp³-hybridized carbons (Fsp3) is 0.529. The molecule has 23 heavy (non-hydrogen) atoms. The molecule has 0 saturated carbocycles. The molecule has 1 saturated heterocycles. The van der Waals surface area contributed by atoms with Crippen LogP contribution in [-0.2, 0) is 22.5 Å². The number of carboxylic acid groups (broad SMARTS) is 1. The molecule has 0 spiro atoms. The van der Waals surface area contributed by atoms with Crippen LogP contribution in [0.4, 0.5) is 4.79 Å². The van der Waals surface area contributed by atoms with Crippen molar-refractivity contribution in [3.8, 4) is 0 Å². The van der Waals surface area contributed by atoms with E-state index in [1.807, 2.05) is 24.3 Å². The first-order chi connectivity index (χ1) is 11.1. The molecule has 1 aromatic carbocycles. The van der Waals surface area contributed by atoms with Crippen molar-refractivity contribution in [2.75, 3.05) is 20.3 Å². The van der Waals surface area contributed by atoms with E-state index in [4.69, 9.17) is 4.74 Å². The van der Waals surface area contributed by atoms with Gasteiger partial charge in [0.25, 0.3) is 0 Å². The first-order valence-corrected chi connectivity index (χ1v) is 7.98. The highest BCUT2D eigenvalue weighted by Crippen LogP contribution is 2.25. The summed E-state index contributed by atoms with van der Waals surface area (Å²) in [5, 5.41) is 9.54. The minimum Gasteiger partial charge on any atom is -0.480 e. The second-order valence-corrected chi connectivity index (χ2v) is 6.19. The van der Waals surface area contributed by atoms with Gasteiger partial charge in [-0.15, -0.1) is 0 Å². The van der Waals surface area contributed by atoms with E-state index in [1.165, 1.54) is 4.90 Å². The Bertz CT molecular complexity index is 598. The van der Waals surface area contributed by atoms with Gasteiger partial charge in [-0.2, -0.15) is 0 Å². The second kappa shape index (κ2) is 6.58. The maximum atomic E-state index is 12.9. The zero-order chi connectivity index (χ0) is 16.4. The SMILES string of the molecule is CN(C(=O)N1Cc2ccccc2C[C@H]1C(=O)O)C1CCOCC1. The summed E-state index contributed by atoms with van der Waals surface area (Å²) in [6.45, 7) is 1.64. The molecule has 1 N–H and O–H groups in total. The van der Waals surface area contributed by atoms with Crippen molar-refractivity contribution in [3.05, 3.63) is 35.4 Å². The molecule has 2 aliphatic rings. The minimum atomic E-state index is -0.951.